The van der Waals surface area contributed by atoms with Gasteiger partial charge in [-0.2, -0.15) is 4.39 Å². The number of nitrogens with zero attached hydrogens (tertiary/aromatic N) is 1. The highest BCUT2D eigenvalue weighted by Gasteiger charge is 2.37. The lowest BCUT2D eigenvalue weighted by Gasteiger charge is -2.39. The van der Waals surface area contributed by atoms with E-state index in [0.717, 1.165) is 0 Å². The first kappa shape index (κ1) is 10.3. The maximum Gasteiger partial charge on any atom is 0.214 e. The van der Waals surface area contributed by atoms with E-state index in [1.165, 1.54) is 6.07 Å². The Morgan fingerprint density at radius 2 is 2.33 bits per heavy atom. The fourth-order valence-electron chi connectivity index (χ4n) is 1.42. The molecule has 0 spiro atoms. The van der Waals surface area contributed by atoms with Gasteiger partial charge in [0.2, 0.25) is 5.95 Å². The van der Waals surface area contributed by atoms with Gasteiger partial charge in [-0.3, -0.25) is 0 Å². The van der Waals surface area contributed by atoms with Crippen LogP contribution in [0.15, 0.2) is 18.2 Å². The molecule has 0 aromatic carbocycles. The molecule has 2 heterocycles. The van der Waals surface area contributed by atoms with E-state index >= 15 is 0 Å². The Kier molecular flexibility index (Phi) is 2.83. The van der Waals surface area contributed by atoms with Crippen LogP contribution in [-0.4, -0.2) is 36.5 Å². The zero-order valence-corrected chi connectivity index (χ0v) is 8.24. The second-order valence-electron chi connectivity index (χ2n) is 3.85. The molecule has 0 aliphatic carbocycles. The topological polar surface area (TPSA) is 54.4 Å². The molecule has 0 saturated carbocycles. The second-order valence-corrected chi connectivity index (χ2v) is 3.85. The zero-order valence-electron chi connectivity index (χ0n) is 8.24. The van der Waals surface area contributed by atoms with Gasteiger partial charge in [0, 0.05) is 6.54 Å². The van der Waals surface area contributed by atoms with Gasteiger partial charge in [-0.05, 0) is 12.1 Å². The average molecular weight is 212 g/mol. The van der Waals surface area contributed by atoms with Crippen LogP contribution < -0.4 is 5.32 Å². The van der Waals surface area contributed by atoms with Crippen LogP contribution in [0, 0.1) is 11.4 Å². The number of aromatic nitrogens is 1. The average Bonchev–Trinajstić information content (AvgIpc) is 2.17. The summed E-state index contributed by atoms with van der Waals surface area (Å²) >= 11 is 0. The van der Waals surface area contributed by atoms with Crippen molar-refractivity contribution < 1.29 is 14.2 Å². The molecule has 1 saturated heterocycles. The molecule has 82 valence electrons. The molecule has 15 heavy (non-hydrogen) atoms. The Labute approximate surface area is 87.1 Å². The van der Waals surface area contributed by atoms with E-state index in [9.17, 15) is 4.39 Å². The summed E-state index contributed by atoms with van der Waals surface area (Å²) in [5.74, 6) is -0.0300. The summed E-state index contributed by atoms with van der Waals surface area (Å²) in [4.78, 5) is 3.67. The quantitative estimate of drug-likeness (QED) is 0.719. The van der Waals surface area contributed by atoms with Gasteiger partial charge in [0.15, 0.2) is 0 Å². The summed E-state index contributed by atoms with van der Waals surface area (Å²) in [7, 11) is 0. The maximum atomic E-state index is 12.7. The first-order valence-corrected chi connectivity index (χ1v) is 4.79. The number of aliphatic hydroxyl groups is 1. The minimum atomic E-state index is -0.511. The van der Waals surface area contributed by atoms with Gasteiger partial charge in [0.25, 0.3) is 0 Å². The Bertz CT molecular complexity index is 336. The summed E-state index contributed by atoms with van der Waals surface area (Å²) in [5, 5.41) is 12.1. The molecule has 1 aliphatic rings. The van der Waals surface area contributed by atoms with Crippen LogP contribution in [-0.2, 0) is 4.74 Å². The van der Waals surface area contributed by atoms with Crippen molar-refractivity contribution in [2.75, 3.05) is 31.7 Å². The van der Waals surface area contributed by atoms with Crippen molar-refractivity contribution in [3.63, 3.8) is 0 Å². The van der Waals surface area contributed by atoms with Crippen LogP contribution in [0.1, 0.15) is 0 Å². The number of ether oxygens (including phenoxy) is 1. The highest BCUT2D eigenvalue weighted by atomic mass is 19.1. The van der Waals surface area contributed by atoms with Crippen LogP contribution in [0.25, 0.3) is 0 Å². The molecular weight excluding hydrogens is 199 g/mol. The normalized spacial score (nSPS) is 18.3. The summed E-state index contributed by atoms with van der Waals surface area (Å²) in [6.07, 6.45) is 0. The van der Waals surface area contributed by atoms with Gasteiger partial charge < -0.3 is 15.2 Å². The van der Waals surface area contributed by atoms with Gasteiger partial charge in [-0.25, -0.2) is 4.98 Å². The molecular formula is C10H13FN2O2. The molecule has 5 heteroatoms. The maximum absolute atomic E-state index is 12.7. The molecule has 0 radical (unpaired) electrons. The van der Waals surface area contributed by atoms with Crippen molar-refractivity contribution in [1.29, 1.82) is 0 Å². The minimum Gasteiger partial charge on any atom is -0.396 e. The van der Waals surface area contributed by atoms with Crippen LogP contribution >= 0.6 is 0 Å². The molecule has 4 nitrogen and oxygen atoms in total. The largest absolute Gasteiger partial charge is 0.396 e. The molecule has 0 atom stereocenters. The van der Waals surface area contributed by atoms with E-state index in [1.807, 2.05) is 0 Å². The Morgan fingerprint density at radius 1 is 1.53 bits per heavy atom. The lowest BCUT2D eigenvalue weighted by molar-refractivity contribution is -0.128. The van der Waals surface area contributed by atoms with Crippen molar-refractivity contribution in [2.24, 2.45) is 5.41 Å². The van der Waals surface area contributed by atoms with Crippen LogP contribution in [0.3, 0.4) is 0 Å². The van der Waals surface area contributed by atoms with Crippen LogP contribution in [0.4, 0.5) is 10.2 Å². The van der Waals surface area contributed by atoms with E-state index in [2.05, 4.69) is 10.3 Å². The molecule has 1 aliphatic heterocycles. The van der Waals surface area contributed by atoms with Crippen molar-refractivity contribution in [3.05, 3.63) is 24.1 Å². The van der Waals surface area contributed by atoms with Crippen molar-refractivity contribution in [1.82, 2.24) is 4.98 Å². The molecule has 1 aromatic rings. The van der Waals surface area contributed by atoms with E-state index in [4.69, 9.17) is 9.84 Å². The predicted octanol–water partition coefficient (Wildman–Crippen LogP) is 0.641. The molecule has 1 fully saturated rings. The standard InChI is InChI=1S/C10H13FN2O2/c11-8-2-1-3-9(13-8)12-4-10(5-14)6-15-7-10/h1-3,14H,4-7H2,(H,12,13). The van der Waals surface area contributed by atoms with Gasteiger partial charge in [-0.15, -0.1) is 0 Å². The first-order chi connectivity index (χ1) is 7.24. The number of nitrogens with one attached hydrogen (secondary N) is 1. The fraction of sp³-hybridized carbons (Fsp3) is 0.500. The number of hydrogen-bond donors (Lipinski definition) is 2. The third kappa shape index (κ3) is 2.24. The lowest BCUT2D eigenvalue weighted by atomic mass is 9.87. The number of rotatable bonds is 4. The van der Waals surface area contributed by atoms with Gasteiger partial charge >= 0.3 is 0 Å². The third-order valence-electron chi connectivity index (χ3n) is 2.51. The molecule has 1 aromatic heterocycles. The van der Waals surface area contributed by atoms with E-state index in [1.54, 1.807) is 12.1 Å². The Hall–Kier alpha value is -1.20. The van der Waals surface area contributed by atoms with Crippen molar-refractivity contribution in [2.45, 2.75) is 0 Å². The van der Waals surface area contributed by atoms with Gasteiger partial charge in [0.1, 0.15) is 5.82 Å². The number of hydrogen-bond acceptors (Lipinski definition) is 4. The lowest BCUT2D eigenvalue weighted by Crippen LogP contribution is -2.50. The number of aliphatic hydroxyl groups excluding tert-OH is 1. The Morgan fingerprint density at radius 3 is 2.87 bits per heavy atom. The highest BCUT2D eigenvalue weighted by molar-refractivity contribution is 5.34. The van der Waals surface area contributed by atoms with Gasteiger partial charge in [0.05, 0.1) is 25.2 Å². The molecule has 2 N–H and O–H groups in total. The van der Waals surface area contributed by atoms with Crippen molar-refractivity contribution >= 4 is 5.82 Å². The number of halogens is 1. The Balaban J connectivity index is 1.92. The molecule has 0 unspecified atom stereocenters. The minimum absolute atomic E-state index is 0.0648. The SMILES string of the molecule is OCC1(CNc2cccc(F)n2)COC1. The summed E-state index contributed by atoms with van der Waals surface area (Å²) < 4.78 is 17.8. The van der Waals surface area contributed by atoms with Crippen LogP contribution in [0.2, 0.25) is 0 Å². The van der Waals surface area contributed by atoms with E-state index < -0.39 is 5.95 Å². The smallest absolute Gasteiger partial charge is 0.214 e. The number of anilines is 1. The van der Waals surface area contributed by atoms with E-state index in [-0.39, 0.29) is 12.0 Å². The monoisotopic (exact) mass is 212 g/mol. The second kappa shape index (κ2) is 4.12. The highest BCUT2D eigenvalue weighted by Crippen LogP contribution is 2.26. The van der Waals surface area contributed by atoms with Gasteiger partial charge in [-0.1, -0.05) is 6.07 Å². The van der Waals surface area contributed by atoms with Crippen LogP contribution in [0.5, 0.6) is 0 Å². The molecule has 2 rings (SSSR count). The van der Waals surface area contributed by atoms with Crippen molar-refractivity contribution in [3.8, 4) is 0 Å². The molecule has 0 bridgehead atoms. The number of pyridine rings is 1. The summed E-state index contributed by atoms with van der Waals surface area (Å²) in [5.41, 5.74) is -0.228. The summed E-state index contributed by atoms with van der Waals surface area (Å²) in [6, 6.07) is 4.57. The fourth-order valence-corrected chi connectivity index (χ4v) is 1.42. The summed E-state index contributed by atoms with van der Waals surface area (Å²) in [6.45, 7) is 1.67. The molecule has 0 amide bonds. The first-order valence-electron chi connectivity index (χ1n) is 4.79. The zero-order chi connectivity index (χ0) is 10.7. The predicted molar refractivity (Wildman–Crippen MR) is 53.0 cm³/mol. The van der Waals surface area contributed by atoms with E-state index in [0.29, 0.717) is 25.6 Å². The third-order valence-corrected chi connectivity index (χ3v) is 2.51.